The molecule has 0 aliphatic rings. The van der Waals surface area contributed by atoms with Gasteiger partial charge in [-0.15, -0.1) is 0 Å². The van der Waals surface area contributed by atoms with Gasteiger partial charge in [-0.3, -0.25) is 0 Å². The summed E-state index contributed by atoms with van der Waals surface area (Å²) in [6, 6.07) is 7.76. The molecule has 1 aromatic carbocycles. The van der Waals surface area contributed by atoms with Crippen LogP contribution < -0.4 is 0 Å². The van der Waals surface area contributed by atoms with E-state index in [1.54, 1.807) is 23.9 Å². The van der Waals surface area contributed by atoms with Crippen LogP contribution in [0, 0.1) is 11.8 Å². The number of urea groups is 1. The molecule has 4 nitrogen and oxygen atoms in total. The lowest BCUT2D eigenvalue weighted by Crippen LogP contribution is -2.38. The first-order valence-electron chi connectivity index (χ1n) is 6.74. The highest BCUT2D eigenvalue weighted by Gasteiger charge is 2.13. The van der Waals surface area contributed by atoms with Crippen molar-refractivity contribution in [3.05, 3.63) is 35.4 Å². The number of carbonyl (C=O) groups excluding carboxylic acids is 1. The van der Waals surface area contributed by atoms with E-state index in [4.69, 9.17) is 5.11 Å². The fraction of sp³-hybridized carbons (Fsp3) is 0.438. The van der Waals surface area contributed by atoms with E-state index in [0.717, 1.165) is 11.1 Å². The zero-order chi connectivity index (χ0) is 15.0. The fourth-order valence-electron chi connectivity index (χ4n) is 1.74. The van der Waals surface area contributed by atoms with Gasteiger partial charge in [0, 0.05) is 39.2 Å². The van der Waals surface area contributed by atoms with E-state index in [9.17, 15) is 4.79 Å². The van der Waals surface area contributed by atoms with Crippen LogP contribution in [0.2, 0.25) is 0 Å². The number of aliphatic hydroxyl groups excluding tert-OH is 1. The van der Waals surface area contributed by atoms with Gasteiger partial charge in [0.1, 0.15) is 0 Å². The summed E-state index contributed by atoms with van der Waals surface area (Å²) in [6.07, 6.45) is 0.460. The minimum Gasteiger partial charge on any atom is -0.395 e. The Morgan fingerprint density at radius 3 is 2.60 bits per heavy atom. The summed E-state index contributed by atoms with van der Waals surface area (Å²) in [7, 11) is 3.57. The van der Waals surface area contributed by atoms with Crippen molar-refractivity contribution in [3.8, 4) is 11.8 Å². The Hall–Kier alpha value is -1.99. The van der Waals surface area contributed by atoms with E-state index in [0.29, 0.717) is 19.5 Å². The average molecular weight is 274 g/mol. The highest BCUT2D eigenvalue weighted by atomic mass is 16.2. The Kier molecular flexibility index (Phi) is 6.61. The quantitative estimate of drug-likeness (QED) is 0.853. The molecule has 0 radical (unpaired) electrons. The van der Waals surface area contributed by atoms with E-state index in [-0.39, 0.29) is 12.6 Å². The van der Waals surface area contributed by atoms with Crippen molar-refractivity contribution in [2.75, 3.05) is 27.2 Å². The summed E-state index contributed by atoms with van der Waals surface area (Å²) < 4.78 is 0. The first kappa shape index (κ1) is 16.1. The highest BCUT2D eigenvalue weighted by molar-refractivity contribution is 5.73. The molecule has 0 bridgehead atoms. The zero-order valence-electron chi connectivity index (χ0n) is 12.4. The molecule has 1 aromatic rings. The second-order valence-corrected chi connectivity index (χ2v) is 4.59. The van der Waals surface area contributed by atoms with Crippen LogP contribution in [-0.4, -0.2) is 48.2 Å². The molecule has 1 N–H and O–H groups in total. The molecular formula is C16H22N2O2. The molecule has 0 saturated heterocycles. The molecule has 4 heteroatoms. The number of rotatable bonds is 4. The minimum absolute atomic E-state index is 0.00868. The van der Waals surface area contributed by atoms with E-state index in [1.165, 1.54) is 0 Å². The lowest BCUT2D eigenvalue weighted by atomic mass is 10.1. The van der Waals surface area contributed by atoms with Crippen LogP contribution in [-0.2, 0) is 6.54 Å². The van der Waals surface area contributed by atoms with Crippen LogP contribution in [0.15, 0.2) is 24.3 Å². The predicted octanol–water partition coefficient (Wildman–Crippen LogP) is 1.92. The molecule has 1 rings (SSSR count). The van der Waals surface area contributed by atoms with Gasteiger partial charge in [0.05, 0.1) is 6.61 Å². The summed E-state index contributed by atoms with van der Waals surface area (Å²) >= 11 is 0. The van der Waals surface area contributed by atoms with Crippen LogP contribution >= 0.6 is 0 Å². The normalized spacial score (nSPS) is 9.60. The standard InChI is InChI=1S/C16H22N2O2/c1-4-17(2)16(20)18(3)13-15-11-6-5-9-14(15)10-7-8-12-19/h5-6,9,11,19H,4,8,12-13H2,1-3H3. The van der Waals surface area contributed by atoms with E-state index >= 15 is 0 Å². The van der Waals surface area contributed by atoms with Crippen molar-refractivity contribution in [3.63, 3.8) is 0 Å². The highest BCUT2D eigenvalue weighted by Crippen LogP contribution is 2.11. The molecule has 2 amide bonds. The summed E-state index contributed by atoms with van der Waals surface area (Å²) in [5.41, 5.74) is 1.91. The molecule has 0 unspecified atom stereocenters. The van der Waals surface area contributed by atoms with E-state index < -0.39 is 0 Å². The summed E-state index contributed by atoms with van der Waals surface area (Å²) in [5, 5.41) is 8.76. The summed E-state index contributed by atoms with van der Waals surface area (Å²) in [5.74, 6) is 5.95. The van der Waals surface area contributed by atoms with E-state index in [2.05, 4.69) is 11.8 Å². The Morgan fingerprint density at radius 1 is 1.25 bits per heavy atom. The third-order valence-electron chi connectivity index (χ3n) is 3.01. The number of nitrogens with zero attached hydrogens (tertiary/aromatic N) is 2. The Morgan fingerprint density at radius 2 is 1.95 bits per heavy atom. The molecule has 0 aromatic heterocycles. The van der Waals surface area contributed by atoms with Gasteiger partial charge in [0.25, 0.3) is 0 Å². The molecule has 0 aliphatic carbocycles. The van der Waals surface area contributed by atoms with Gasteiger partial charge in [-0.05, 0) is 18.6 Å². The molecule has 0 fully saturated rings. The van der Waals surface area contributed by atoms with Gasteiger partial charge in [0.15, 0.2) is 0 Å². The third-order valence-corrected chi connectivity index (χ3v) is 3.01. The molecule has 0 aliphatic heterocycles. The van der Waals surface area contributed by atoms with Crippen molar-refractivity contribution in [2.24, 2.45) is 0 Å². The molecule has 0 saturated carbocycles. The topological polar surface area (TPSA) is 43.8 Å². The van der Waals surface area contributed by atoms with Crippen LogP contribution in [0.25, 0.3) is 0 Å². The van der Waals surface area contributed by atoms with Gasteiger partial charge < -0.3 is 14.9 Å². The second kappa shape index (κ2) is 8.23. The van der Waals surface area contributed by atoms with Crippen LogP contribution in [0.1, 0.15) is 24.5 Å². The lowest BCUT2D eigenvalue weighted by Gasteiger charge is -2.24. The predicted molar refractivity (Wildman–Crippen MR) is 80.2 cm³/mol. The molecule has 0 heterocycles. The third kappa shape index (κ3) is 4.60. The molecule has 0 atom stereocenters. The Labute approximate surface area is 121 Å². The van der Waals surface area contributed by atoms with Gasteiger partial charge >= 0.3 is 6.03 Å². The minimum atomic E-state index is -0.00868. The maximum Gasteiger partial charge on any atom is 0.319 e. The largest absolute Gasteiger partial charge is 0.395 e. The van der Waals surface area contributed by atoms with Crippen molar-refractivity contribution in [1.82, 2.24) is 9.80 Å². The first-order valence-corrected chi connectivity index (χ1v) is 6.74. The molecule has 20 heavy (non-hydrogen) atoms. The number of amides is 2. The van der Waals surface area contributed by atoms with Crippen LogP contribution in [0.5, 0.6) is 0 Å². The summed E-state index contributed by atoms with van der Waals surface area (Å²) in [4.78, 5) is 15.4. The number of carbonyl (C=O) groups is 1. The van der Waals surface area contributed by atoms with Crippen LogP contribution in [0.4, 0.5) is 4.79 Å². The number of hydrogen-bond donors (Lipinski definition) is 1. The maximum absolute atomic E-state index is 12.0. The molecule has 0 spiro atoms. The van der Waals surface area contributed by atoms with Gasteiger partial charge in [-0.1, -0.05) is 30.0 Å². The Balaban J connectivity index is 2.82. The van der Waals surface area contributed by atoms with Crippen molar-refractivity contribution < 1.29 is 9.90 Å². The van der Waals surface area contributed by atoms with Crippen molar-refractivity contribution in [1.29, 1.82) is 0 Å². The van der Waals surface area contributed by atoms with Gasteiger partial charge in [-0.25, -0.2) is 4.79 Å². The maximum atomic E-state index is 12.0. The SMILES string of the molecule is CCN(C)C(=O)N(C)Cc1ccccc1C#CCCO. The molecular weight excluding hydrogens is 252 g/mol. The zero-order valence-corrected chi connectivity index (χ0v) is 12.4. The Bertz CT molecular complexity index is 503. The van der Waals surface area contributed by atoms with Crippen molar-refractivity contribution >= 4 is 6.03 Å². The summed E-state index contributed by atoms with van der Waals surface area (Å²) in [6.45, 7) is 3.21. The number of hydrogen-bond acceptors (Lipinski definition) is 2. The lowest BCUT2D eigenvalue weighted by molar-refractivity contribution is 0.173. The van der Waals surface area contributed by atoms with Crippen LogP contribution in [0.3, 0.4) is 0 Å². The average Bonchev–Trinajstić information content (AvgIpc) is 2.47. The fourth-order valence-corrected chi connectivity index (χ4v) is 1.74. The number of aliphatic hydroxyl groups is 1. The van der Waals surface area contributed by atoms with Crippen molar-refractivity contribution in [2.45, 2.75) is 19.9 Å². The smallest absolute Gasteiger partial charge is 0.319 e. The number of benzene rings is 1. The monoisotopic (exact) mass is 274 g/mol. The van der Waals surface area contributed by atoms with Gasteiger partial charge in [-0.2, -0.15) is 0 Å². The van der Waals surface area contributed by atoms with Gasteiger partial charge in [0.2, 0.25) is 0 Å². The molecule has 108 valence electrons. The first-order chi connectivity index (χ1) is 9.60. The van der Waals surface area contributed by atoms with E-state index in [1.807, 2.05) is 31.2 Å². The second-order valence-electron chi connectivity index (χ2n) is 4.59.